The van der Waals surface area contributed by atoms with Crippen LogP contribution in [0.1, 0.15) is 46.4 Å². The minimum Gasteiger partial charge on any atom is -0.368 e. The molecule has 1 aromatic carbocycles. The monoisotopic (exact) mass is 446 g/mol. The number of carbonyl (C=O) groups is 1. The van der Waals surface area contributed by atoms with Crippen molar-refractivity contribution in [3.63, 3.8) is 0 Å². The van der Waals surface area contributed by atoms with Gasteiger partial charge in [0.05, 0.1) is 18.8 Å². The number of hydrogen-bond donors (Lipinski definition) is 0. The van der Waals surface area contributed by atoms with E-state index < -0.39 is 0 Å². The van der Waals surface area contributed by atoms with Crippen LogP contribution in [0.5, 0.6) is 0 Å². The number of benzene rings is 1. The molecular formula is C26H30N4O3. The number of pyridine rings is 1. The van der Waals surface area contributed by atoms with Crippen LogP contribution in [-0.2, 0) is 22.5 Å². The van der Waals surface area contributed by atoms with Gasteiger partial charge in [0.1, 0.15) is 6.10 Å². The third-order valence-electron chi connectivity index (χ3n) is 5.93. The summed E-state index contributed by atoms with van der Waals surface area (Å²) >= 11 is 0. The van der Waals surface area contributed by atoms with E-state index in [0.29, 0.717) is 31.9 Å². The molecule has 4 rings (SSSR count). The van der Waals surface area contributed by atoms with Gasteiger partial charge >= 0.3 is 5.69 Å². The Labute approximate surface area is 194 Å². The summed E-state index contributed by atoms with van der Waals surface area (Å²) in [6.45, 7) is 7.43. The summed E-state index contributed by atoms with van der Waals surface area (Å²) in [4.78, 5) is 35.6. The topological polar surface area (TPSA) is 77.3 Å². The number of carbonyl (C=O) groups excluding carboxylic acids is 1. The van der Waals surface area contributed by atoms with E-state index in [1.165, 1.54) is 11.1 Å². The Balaban J connectivity index is 1.43. The molecule has 0 radical (unpaired) electrons. The van der Waals surface area contributed by atoms with Crippen LogP contribution in [0.15, 0.2) is 53.3 Å². The summed E-state index contributed by atoms with van der Waals surface area (Å²) in [5, 5.41) is 0. The third-order valence-corrected chi connectivity index (χ3v) is 5.93. The van der Waals surface area contributed by atoms with Crippen LogP contribution < -0.4 is 5.69 Å². The maximum Gasteiger partial charge on any atom is 0.347 e. The molecule has 3 heterocycles. The van der Waals surface area contributed by atoms with Gasteiger partial charge in [0.15, 0.2) is 0 Å². The van der Waals surface area contributed by atoms with Crippen molar-refractivity contribution in [3.8, 4) is 0 Å². The summed E-state index contributed by atoms with van der Waals surface area (Å²) in [6, 6.07) is 16.4. The maximum absolute atomic E-state index is 12.9. The first-order valence-corrected chi connectivity index (χ1v) is 11.3. The van der Waals surface area contributed by atoms with E-state index in [0.717, 1.165) is 23.5 Å². The Kier molecular flexibility index (Phi) is 6.99. The Morgan fingerprint density at radius 2 is 1.79 bits per heavy atom. The van der Waals surface area contributed by atoms with Crippen LogP contribution in [-0.4, -0.2) is 45.0 Å². The van der Waals surface area contributed by atoms with Crippen molar-refractivity contribution in [2.24, 2.45) is 0 Å². The minimum atomic E-state index is -0.310. The summed E-state index contributed by atoms with van der Waals surface area (Å²) < 4.78 is 7.55. The molecule has 0 saturated carbocycles. The predicted octanol–water partition coefficient (Wildman–Crippen LogP) is 3.14. The lowest BCUT2D eigenvalue weighted by atomic mass is 10.0. The van der Waals surface area contributed by atoms with E-state index in [1.54, 1.807) is 11.5 Å². The van der Waals surface area contributed by atoms with Crippen molar-refractivity contribution >= 4 is 5.91 Å². The van der Waals surface area contributed by atoms with Crippen LogP contribution in [0, 0.1) is 20.8 Å². The van der Waals surface area contributed by atoms with Crippen LogP contribution in [0.25, 0.3) is 0 Å². The van der Waals surface area contributed by atoms with Crippen LogP contribution in [0.3, 0.4) is 0 Å². The van der Waals surface area contributed by atoms with E-state index in [-0.39, 0.29) is 24.1 Å². The summed E-state index contributed by atoms with van der Waals surface area (Å²) in [6.07, 6.45) is 0.812. The first kappa shape index (κ1) is 22.9. The lowest BCUT2D eigenvalue weighted by Gasteiger charge is -2.33. The first-order valence-electron chi connectivity index (χ1n) is 11.3. The third kappa shape index (κ3) is 5.73. The molecule has 1 atom stereocenters. The van der Waals surface area contributed by atoms with Crippen LogP contribution in [0.2, 0.25) is 0 Å². The molecule has 0 unspecified atom stereocenters. The Morgan fingerprint density at radius 1 is 1.03 bits per heavy atom. The van der Waals surface area contributed by atoms with Crippen molar-refractivity contribution in [1.29, 1.82) is 0 Å². The van der Waals surface area contributed by atoms with Crippen molar-refractivity contribution in [3.05, 3.63) is 92.9 Å². The lowest BCUT2D eigenvalue weighted by molar-refractivity contribution is -0.139. The Bertz CT molecular complexity index is 1190. The molecule has 0 N–H and O–H groups in total. The molecule has 1 aliphatic heterocycles. The molecule has 7 nitrogen and oxygen atoms in total. The zero-order valence-corrected chi connectivity index (χ0v) is 19.5. The molecule has 1 saturated heterocycles. The van der Waals surface area contributed by atoms with Crippen LogP contribution in [0.4, 0.5) is 0 Å². The van der Waals surface area contributed by atoms with Gasteiger partial charge in [0.2, 0.25) is 5.91 Å². The molecule has 2 aromatic heterocycles. The second kappa shape index (κ2) is 10.1. The number of hydrogen-bond acceptors (Lipinski definition) is 5. The van der Waals surface area contributed by atoms with E-state index in [4.69, 9.17) is 9.72 Å². The number of morpholine rings is 1. The number of aryl methyl sites for hydroxylation is 3. The zero-order valence-electron chi connectivity index (χ0n) is 19.5. The first-order chi connectivity index (χ1) is 15.9. The molecule has 0 aliphatic carbocycles. The fraction of sp³-hybridized carbons (Fsp3) is 0.385. The van der Waals surface area contributed by atoms with Crippen molar-refractivity contribution in [2.45, 2.75) is 46.3 Å². The maximum atomic E-state index is 12.9. The standard InChI is InChI=1S/C26H30N4O3/c1-18-13-20(3)30(26(32)28-18)10-9-25(31)29-11-12-33-24(17-29)23-16-22(14-19(2)27-23)15-21-7-5-4-6-8-21/h4-8,13-14,16,24H,9-12,15,17H2,1-3H3/t24-/m1/s1. The Morgan fingerprint density at radius 3 is 2.55 bits per heavy atom. The number of rotatable bonds is 6. The highest BCUT2D eigenvalue weighted by Gasteiger charge is 2.26. The van der Waals surface area contributed by atoms with Gasteiger partial charge in [-0.1, -0.05) is 30.3 Å². The molecule has 7 heteroatoms. The summed E-state index contributed by atoms with van der Waals surface area (Å²) in [7, 11) is 0. The molecule has 33 heavy (non-hydrogen) atoms. The SMILES string of the molecule is Cc1cc(Cc2ccccc2)cc([C@H]2CN(C(=O)CCn3c(C)cc(C)nc3=O)CCO2)n1. The van der Waals surface area contributed by atoms with Crippen molar-refractivity contribution < 1.29 is 9.53 Å². The second-order valence-corrected chi connectivity index (χ2v) is 8.63. The molecule has 0 spiro atoms. The van der Waals surface area contributed by atoms with Crippen LogP contribution >= 0.6 is 0 Å². The summed E-state index contributed by atoms with van der Waals surface area (Å²) in [5.74, 6) is 0.00679. The molecular weight excluding hydrogens is 416 g/mol. The van der Waals surface area contributed by atoms with Gasteiger partial charge in [0.25, 0.3) is 0 Å². The van der Waals surface area contributed by atoms with Gasteiger partial charge in [-0.05, 0) is 56.5 Å². The molecule has 3 aromatic rings. The van der Waals surface area contributed by atoms with Gasteiger partial charge < -0.3 is 9.64 Å². The smallest absolute Gasteiger partial charge is 0.347 e. The van der Waals surface area contributed by atoms with Gasteiger partial charge in [-0.25, -0.2) is 4.79 Å². The van der Waals surface area contributed by atoms with Gasteiger partial charge in [-0.15, -0.1) is 0 Å². The highest BCUT2D eigenvalue weighted by atomic mass is 16.5. The Hall–Kier alpha value is -3.32. The number of aromatic nitrogens is 3. The second-order valence-electron chi connectivity index (χ2n) is 8.63. The number of nitrogens with zero attached hydrogens (tertiary/aromatic N) is 4. The van der Waals surface area contributed by atoms with Gasteiger partial charge in [-0.2, -0.15) is 4.98 Å². The normalized spacial score (nSPS) is 16.1. The predicted molar refractivity (Wildman–Crippen MR) is 126 cm³/mol. The fourth-order valence-electron chi connectivity index (χ4n) is 4.33. The molecule has 1 aliphatic rings. The summed E-state index contributed by atoms with van der Waals surface area (Å²) in [5.41, 5.74) is 5.41. The highest BCUT2D eigenvalue weighted by Crippen LogP contribution is 2.24. The van der Waals surface area contributed by atoms with E-state index in [1.807, 2.05) is 43.0 Å². The number of amides is 1. The highest BCUT2D eigenvalue weighted by molar-refractivity contribution is 5.76. The van der Waals surface area contributed by atoms with E-state index in [2.05, 4.69) is 29.2 Å². The zero-order chi connectivity index (χ0) is 23.4. The van der Waals surface area contributed by atoms with Crippen molar-refractivity contribution in [2.75, 3.05) is 19.7 Å². The lowest BCUT2D eigenvalue weighted by Crippen LogP contribution is -2.43. The molecule has 172 valence electrons. The molecule has 1 amide bonds. The molecule has 0 bridgehead atoms. The average Bonchev–Trinajstić information content (AvgIpc) is 2.78. The van der Waals surface area contributed by atoms with E-state index in [9.17, 15) is 9.59 Å². The van der Waals surface area contributed by atoms with Crippen molar-refractivity contribution in [1.82, 2.24) is 19.4 Å². The van der Waals surface area contributed by atoms with Gasteiger partial charge in [0, 0.05) is 36.6 Å². The fourth-order valence-corrected chi connectivity index (χ4v) is 4.33. The minimum absolute atomic E-state index is 0.00679. The molecule has 1 fully saturated rings. The van der Waals surface area contributed by atoms with Gasteiger partial charge in [-0.3, -0.25) is 14.3 Å². The van der Waals surface area contributed by atoms with E-state index >= 15 is 0 Å². The quantitative estimate of drug-likeness (QED) is 0.581. The average molecular weight is 447 g/mol. The number of ether oxygens (including phenoxy) is 1. The largest absolute Gasteiger partial charge is 0.368 e.